The summed E-state index contributed by atoms with van der Waals surface area (Å²) in [5, 5.41) is 2.62. The number of carbonyl (C=O) groups excluding carboxylic acids is 2. The van der Waals surface area contributed by atoms with E-state index in [1.807, 2.05) is 38.1 Å². The average Bonchev–Trinajstić information content (AvgIpc) is 2.36. The number of ketones is 1. The summed E-state index contributed by atoms with van der Waals surface area (Å²) in [6.45, 7) is 3.72. The second-order valence-corrected chi connectivity index (χ2v) is 4.39. The van der Waals surface area contributed by atoms with E-state index in [0.717, 1.165) is 5.56 Å². The van der Waals surface area contributed by atoms with E-state index >= 15 is 0 Å². The molecule has 0 aliphatic heterocycles. The number of hydrogen-bond donors (Lipinski definition) is 1. The highest BCUT2D eigenvalue weighted by atomic mass is 16.5. The second kappa shape index (κ2) is 6.79. The first-order valence-electron chi connectivity index (χ1n) is 5.96. The topological polar surface area (TPSA) is 55.4 Å². The Balaban J connectivity index is 2.52. The molecule has 0 radical (unpaired) electrons. The van der Waals surface area contributed by atoms with Gasteiger partial charge in [-0.2, -0.15) is 0 Å². The first-order chi connectivity index (χ1) is 8.54. The van der Waals surface area contributed by atoms with Crippen molar-refractivity contribution in [1.29, 1.82) is 0 Å². The Hall–Kier alpha value is -1.84. The van der Waals surface area contributed by atoms with Crippen molar-refractivity contribution in [2.75, 3.05) is 13.7 Å². The minimum atomic E-state index is -0.173. The van der Waals surface area contributed by atoms with Crippen LogP contribution in [0.15, 0.2) is 24.3 Å². The molecule has 98 valence electrons. The number of benzene rings is 1. The molecule has 0 aliphatic rings. The molecular weight excluding hydrogens is 230 g/mol. The Kier molecular flexibility index (Phi) is 5.36. The van der Waals surface area contributed by atoms with E-state index < -0.39 is 0 Å². The normalized spacial score (nSPS) is 10.2. The third-order valence-corrected chi connectivity index (χ3v) is 2.65. The largest absolute Gasteiger partial charge is 0.496 e. The smallest absolute Gasteiger partial charge is 0.224 e. The van der Waals surface area contributed by atoms with Gasteiger partial charge in [0, 0.05) is 11.5 Å². The standard InChI is InChI=1S/C14H19NO3/c1-10(2)12(16)9-15-14(17)8-11-6-4-5-7-13(11)18-3/h4-7,10H,8-9H2,1-3H3,(H,15,17). The summed E-state index contributed by atoms with van der Waals surface area (Å²) in [5.41, 5.74) is 0.814. The minimum absolute atomic E-state index is 0.0309. The van der Waals surface area contributed by atoms with Crippen LogP contribution in [0.5, 0.6) is 5.75 Å². The Labute approximate surface area is 107 Å². The molecule has 0 spiro atoms. The fraction of sp³-hybridized carbons (Fsp3) is 0.429. The van der Waals surface area contributed by atoms with Crippen molar-refractivity contribution in [2.45, 2.75) is 20.3 Å². The van der Waals surface area contributed by atoms with Crippen LogP contribution in [0.1, 0.15) is 19.4 Å². The Morgan fingerprint density at radius 1 is 1.28 bits per heavy atom. The molecule has 1 aromatic carbocycles. The lowest BCUT2D eigenvalue weighted by Gasteiger charge is -2.09. The van der Waals surface area contributed by atoms with Crippen LogP contribution in [0.3, 0.4) is 0 Å². The quantitative estimate of drug-likeness (QED) is 0.832. The van der Waals surface area contributed by atoms with Gasteiger partial charge in [-0.1, -0.05) is 32.0 Å². The van der Waals surface area contributed by atoms with Gasteiger partial charge in [0.2, 0.25) is 5.91 Å². The SMILES string of the molecule is COc1ccccc1CC(=O)NCC(=O)C(C)C. The summed E-state index contributed by atoms with van der Waals surface area (Å²) in [4.78, 5) is 23.1. The number of hydrogen-bond acceptors (Lipinski definition) is 3. The van der Waals surface area contributed by atoms with Crippen LogP contribution in [-0.4, -0.2) is 25.3 Å². The highest BCUT2D eigenvalue weighted by Crippen LogP contribution is 2.17. The second-order valence-electron chi connectivity index (χ2n) is 4.39. The summed E-state index contributed by atoms with van der Waals surface area (Å²) in [6.07, 6.45) is 0.218. The molecule has 1 N–H and O–H groups in total. The van der Waals surface area contributed by atoms with Gasteiger partial charge in [-0.3, -0.25) is 9.59 Å². The number of amides is 1. The van der Waals surface area contributed by atoms with Crippen molar-refractivity contribution in [3.05, 3.63) is 29.8 Å². The van der Waals surface area contributed by atoms with Gasteiger partial charge in [0.25, 0.3) is 0 Å². The molecule has 0 fully saturated rings. The number of para-hydroxylation sites is 1. The van der Waals surface area contributed by atoms with Gasteiger partial charge >= 0.3 is 0 Å². The fourth-order valence-corrected chi connectivity index (χ4v) is 1.47. The summed E-state index contributed by atoms with van der Waals surface area (Å²) in [5.74, 6) is 0.483. The predicted octanol–water partition coefficient (Wildman–Crippen LogP) is 1.58. The predicted molar refractivity (Wildman–Crippen MR) is 69.6 cm³/mol. The molecule has 0 aromatic heterocycles. The maximum Gasteiger partial charge on any atom is 0.224 e. The van der Waals surface area contributed by atoms with Crippen LogP contribution in [-0.2, 0) is 16.0 Å². The molecule has 4 nitrogen and oxygen atoms in total. The lowest BCUT2D eigenvalue weighted by molar-refractivity contribution is -0.126. The van der Waals surface area contributed by atoms with E-state index in [1.165, 1.54) is 0 Å². The molecule has 0 aliphatic carbocycles. The highest BCUT2D eigenvalue weighted by Gasteiger charge is 2.11. The summed E-state index contributed by atoms with van der Waals surface area (Å²) in [7, 11) is 1.57. The van der Waals surface area contributed by atoms with Gasteiger partial charge in [0.15, 0.2) is 5.78 Å². The van der Waals surface area contributed by atoms with Crippen molar-refractivity contribution in [3.8, 4) is 5.75 Å². The van der Waals surface area contributed by atoms with Crippen molar-refractivity contribution in [1.82, 2.24) is 5.32 Å². The Bertz CT molecular complexity index is 427. The van der Waals surface area contributed by atoms with Crippen molar-refractivity contribution in [3.63, 3.8) is 0 Å². The van der Waals surface area contributed by atoms with Crippen LogP contribution >= 0.6 is 0 Å². The third-order valence-electron chi connectivity index (χ3n) is 2.65. The molecule has 0 atom stereocenters. The first kappa shape index (κ1) is 14.2. The molecule has 18 heavy (non-hydrogen) atoms. The first-order valence-corrected chi connectivity index (χ1v) is 5.96. The number of methoxy groups -OCH3 is 1. The number of nitrogens with one attached hydrogen (secondary N) is 1. The van der Waals surface area contributed by atoms with Crippen LogP contribution < -0.4 is 10.1 Å². The number of carbonyl (C=O) groups is 2. The molecule has 1 aromatic rings. The van der Waals surface area contributed by atoms with Crippen molar-refractivity contribution < 1.29 is 14.3 Å². The van der Waals surface area contributed by atoms with Gasteiger partial charge < -0.3 is 10.1 Å². The van der Waals surface area contributed by atoms with Crippen LogP contribution in [0.4, 0.5) is 0 Å². The van der Waals surface area contributed by atoms with Crippen LogP contribution in [0.25, 0.3) is 0 Å². The molecule has 0 bridgehead atoms. The van der Waals surface area contributed by atoms with Gasteiger partial charge in [0.1, 0.15) is 5.75 Å². The van der Waals surface area contributed by atoms with E-state index in [-0.39, 0.29) is 30.6 Å². The fourth-order valence-electron chi connectivity index (χ4n) is 1.47. The zero-order valence-electron chi connectivity index (χ0n) is 11.0. The highest BCUT2D eigenvalue weighted by molar-refractivity contribution is 5.88. The van der Waals surface area contributed by atoms with Gasteiger partial charge in [-0.05, 0) is 6.07 Å². The van der Waals surface area contributed by atoms with Crippen LogP contribution in [0, 0.1) is 5.92 Å². The Morgan fingerprint density at radius 3 is 2.56 bits per heavy atom. The molecule has 0 heterocycles. The van der Waals surface area contributed by atoms with E-state index in [9.17, 15) is 9.59 Å². The lowest BCUT2D eigenvalue weighted by Crippen LogP contribution is -2.32. The maximum atomic E-state index is 11.7. The Morgan fingerprint density at radius 2 is 1.94 bits per heavy atom. The molecule has 1 rings (SSSR count). The zero-order chi connectivity index (χ0) is 13.5. The van der Waals surface area contributed by atoms with Crippen LogP contribution in [0.2, 0.25) is 0 Å². The number of ether oxygens (including phenoxy) is 1. The third kappa shape index (κ3) is 4.20. The van der Waals surface area contributed by atoms with E-state index in [4.69, 9.17) is 4.74 Å². The minimum Gasteiger partial charge on any atom is -0.496 e. The molecule has 0 saturated heterocycles. The molecule has 0 saturated carbocycles. The average molecular weight is 249 g/mol. The molecule has 1 amide bonds. The van der Waals surface area contributed by atoms with Crippen molar-refractivity contribution >= 4 is 11.7 Å². The molecule has 4 heteroatoms. The monoisotopic (exact) mass is 249 g/mol. The van der Waals surface area contributed by atoms with Gasteiger partial charge in [0.05, 0.1) is 20.1 Å². The molecule has 0 unspecified atom stereocenters. The van der Waals surface area contributed by atoms with Crippen molar-refractivity contribution in [2.24, 2.45) is 5.92 Å². The van der Waals surface area contributed by atoms with E-state index in [2.05, 4.69) is 5.32 Å². The van der Waals surface area contributed by atoms with Gasteiger partial charge in [-0.15, -0.1) is 0 Å². The summed E-state index contributed by atoms with van der Waals surface area (Å²) >= 11 is 0. The lowest BCUT2D eigenvalue weighted by atomic mass is 10.1. The summed E-state index contributed by atoms with van der Waals surface area (Å²) in [6, 6.07) is 7.34. The van der Waals surface area contributed by atoms with Gasteiger partial charge in [-0.25, -0.2) is 0 Å². The van der Waals surface area contributed by atoms with E-state index in [0.29, 0.717) is 5.75 Å². The molecular formula is C14H19NO3. The van der Waals surface area contributed by atoms with E-state index in [1.54, 1.807) is 7.11 Å². The summed E-state index contributed by atoms with van der Waals surface area (Å²) < 4.78 is 5.16. The number of Topliss-reactive ketones (excluding diaryl/α,β-unsaturated/α-hetero) is 1. The number of rotatable bonds is 6. The maximum absolute atomic E-state index is 11.7. The zero-order valence-corrected chi connectivity index (χ0v) is 11.0.